The Hall–Kier alpha value is -2.60. The van der Waals surface area contributed by atoms with Crippen molar-refractivity contribution in [3.05, 3.63) is 102 Å². The van der Waals surface area contributed by atoms with Crippen molar-refractivity contribution in [1.82, 2.24) is 0 Å². The molecule has 0 unspecified atom stereocenters. The van der Waals surface area contributed by atoms with Gasteiger partial charge in [0.15, 0.2) is 0 Å². The molecular formula is C20H18. The van der Waals surface area contributed by atoms with Crippen molar-refractivity contribution in [3.63, 3.8) is 0 Å². The number of hydrogen-bond donors (Lipinski definition) is 0. The van der Waals surface area contributed by atoms with Gasteiger partial charge in [-0.1, -0.05) is 97.6 Å². The summed E-state index contributed by atoms with van der Waals surface area (Å²) in [5, 5.41) is 0. The fourth-order valence-corrected chi connectivity index (χ4v) is 1.84. The molecule has 0 heterocycles. The molecule has 98 valence electrons. The predicted octanol–water partition coefficient (Wildman–Crippen LogP) is 5.61. The second-order valence-electron chi connectivity index (χ2n) is 4.39. The molecule has 0 aliphatic rings. The van der Waals surface area contributed by atoms with Gasteiger partial charge in [0.2, 0.25) is 0 Å². The lowest BCUT2D eigenvalue weighted by Crippen LogP contribution is -1.74. The third-order valence-electron chi connectivity index (χ3n) is 2.82. The van der Waals surface area contributed by atoms with Gasteiger partial charge in [0.05, 0.1) is 0 Å². The first-order chi connectivity index (χ1) is 9.88. The molecule has 0 saturated heterocycles. The molecular weight excluding hydrogens is 240 g/mol. The van der Waals surface area contributed by atoms with Gasteiger partial charge < -0.3 is 0 Å². The van der Waals surface area contributed by atoms with Crippen LogP contribution in [0.1, 0.15) is 16.7 Å². The van der Waals surface area contributed by atoms with Crippen LogP contribution in [-0.4, -0.2) is 0 Å². The molecule has 0 heteroatoms. The van der Waals surface area contributed by atoms with Crippen molar-refractivity contribution in [3.8, 4) is 0 Å². The predicted molar refractivity (Wildman–Crippen MR) is 90.2 cm³/mol. The van der Waals surface area contributed by atoms with Gasteiger partial charge >= 0.3 is 0 Å². The second kappa shape index (κ2) is 7.75. The van der Waals surface area contributed by atoms with Gasteiger partial charge in [-0.3, -0.25) is 0 Å². The van der Waals surface area contributed by atoms with Crippen LogP contribution in [0.4, 0.5) is 0 Å². The van der Waals surface area contributed by atoms with Gasteiger partial charge in [-0.05, 0) is 22.8 Å². The highest BCUT2D eigenvalue weighted by atomic mass is 13.9. The Morgan fingerprint density at radius 1 is 0.600 bits per heavy atom. The molecule has 0 spiro atoms. The molecule has 0 radical (unpaired) electrons. The molecule has 20 heavy (non-hydrogen) atoms. The quantitative estimate of drug-likeness (QED) is 0.611. The van der Waals surface area contributed by atoms with Crippen molar-refractivity contribution in [2.75, 3.05) is 0 Å². The van der Waals surface area contributed by atoms with Crippen LogP contribution in [0.5, 0.6) is 0 Å². The number of benzene rings is 2. The number of allylic oxidation sites excluding steroid dienone is 4. The van der Waals surface area contributed by atoms with E-state index in [1.165, 1.54) is 16.7 Å². The average molecular weight is 258 g/mol. The highest BCUT2D eigenvalue weighted by molar-refractivity contribution is 5.61. The van der Waals surface area contributed by atoms with E-state index in [0.717, 1.165) is 0 Å². The largest absolute Gasteiger partial charge is 0.0991 e. The molecule has 2 aromatic carbocycles. The highest BCUT2D eigenvalue weighted by Gasteiger charge is 1.88. The van der Waals surface area contributed by atoms with E-state index in [1.54, 1.807) is 6.08 Å². The lowest BCUT2D eigenvalue weighted by atomic mass is 10.1. The maximum Gasteiger partial charge on any atom is -0.0251 e. The molecule has 0 atom stereocenters. The first kappa shape index (κ1) is 13.8. The Morgan fingerprint density at radius 2 is 1.15 bits per heavy atom. The van der Waals surface area contributed by atoms with Crippen molar-refractivity contribution >= 4 is 18.2 Å². The van der Waals surface area contributed by atoms with Gasteiger partial charge in [-0.25, -0.2) is 0 Å². The smallest absolute Gasteiger partial charge is 0.0251 e. The van der Waals surface area contributed by atoms with E-state index in [9.17, 15) is 0 Å². The summed E-state index contributed by atoms with van der Waals surface area (Å²) >= 11 is 0. The Bertz CT molecular complexity index is 628. The molecule has 0 aliphatic carbocycles. The Labute approximate surface area is 121 Å². The van der Waals surface area contributed by atoms with Gasteiger partial charge in [-0.2, -0.15) is 0 Å². The van der Waals surface area contributed by atoms with Crippen LogP contribution in [0, 0.1) is 0 Å². The zero-order chi connectivity index (χ0) is 14.0. The van der Waals surface area contributed by atoms with Crippen molar-refractivity contribution < 1.29 is 0 Å². The first-order valence-corrected chi connectivity index (χ1v) is 6.67. The van der Waals surface area contributed by atoms with Crippen molar-refractivity contribution in [2.24, 2.45) is 0 Å². The topological polar surface area (TPSA) is 0 Å². The Morgan fingerprint density at radius 3 is 1.80 bits per heavy atom. The van der Waals surface area contributed by atoms with Crippen LogP contribution >= 0.6 is 0 Å². The lowest BCUT2D eigenvalue weighted by Gasteiger charge is -1.95. The molecule has 0 fully saturated rings. The monoisotopic (exact) mass is 258 g/mol. The van der Waals surface area contributed by atoms with Gasteiger partial charge in [0.25, 0.3) is 0 Å². The van der Waals surface area contributed by atoms with Crippen LogP contribution in [0.15, 0.2) is 85.5 Å². The van der Waals surface area contributed by atoms with Crippen LogP contribution in [0.25, 0.3) is 18.2 Å². The highest BCUT2D eigenvalue weighted by Crippen LogP contribution is 2.09. The average Bonchev–Trinajstić information content (AvgIpc) is 2.51. The van der Waals surface area contributed by atoms with E-state index in [0.29, 0.717) is 0 Å². The molecule has 0 amide bonds. The van der Waals surface area contributed by atoms with E-state index in [2.05, 4.69) is 67.3 Å². The maximum absolute atomic E-state index is 3.68. The summed E-state index contributed by atoms with van der Waals surface area (Å²) in [7, 11) is 0. The minimum absolute atomic E-state index is 1.18. The van der Waals surface area contributed by atoms with E-state index in [4.69, 9.17) is 0 Å². The minimum Gasteiger partial charge on any atom is -0.0991 e. The third-order valence-corrected chi connectivity index (χ3v) is 2.82. The fraction of sp³-hybridized carbons (Fsp3) is 0. The lowest BCUT2D eigenvalue weighted by molar-refractivity contribution is 1.62. The van der Waals surface area contributed by atoms with Crippen LogP contribution in [-0.2, 0) is 0 Å². The summed E-state index contributed by atoms with van der Waals surface area (Å²) in [4.78, 5) is 0. The zero-order valence-electron chi connectivity index (χ0n) is 11.4. The van der Waals surface area contributed by atoms with E-state index in [-0.39, 0.29) is 0 Å². The molecule has 2 aromatic rings. The van der Waals surface area contributed by atoms with Gasteiger partial charge in [0, 0.05) is 0 Å². The van der Waals surface area contributed by atoms with E-state index >= 15 is 0 Å². The Kier molecular flexibility index (Phi) is 5.36. The second-order valence-corrected chi connectivity index (χ2v) is 4.39. The molecule has 0 aliphatic heterocycles. The standard InChI is InChI=1S/C20H18/c1-2-3-10-19-15-9-16-20(17-19)14-8-7-13-18-11-5-4-6-12-18/h2-17H,1H2. The van der Waals surface area contributed by atoms with Crippen LogP contribution in [0.2, 0.25) is 0 Å². The summed E-state index contributed by atoms with van der Waals surface area (Å²) in [6, 6.07) is 18.7. The molecule has 0 bridgehead atoms. The summed E-state index contributed by atoms with van der Waals surface area (Å²) < 4.78 is 0. The SMILES string of the molecule is C=CC=Cc1cccc(C=CC=Cc2ccccc2)c1. The molecule has 0 nitrogen and oxygen atoms in total. The minimum atomic E-state index is 1.18. The maximum atomic E-state index is 3.68. The van der Waals surface area contributed by atoms with Crippen molar-refractivity contribution in [2.45, 2.75) is 0 Å². The van der Waals surface area contributed by atoms with Crippen LogP contribution in [0.3, 0.4) is 0 Å². The van der Waals surface area contributed by atoms with E-state index < -0.39 is 0 Å². The summed E-state index contributed by atoms with van der Waals surface area (Å²) in [6.45, 7) is 3.68. The zero-order valence-corrected chi connectivity index (χ0v) is 11.4. The summed E-state index contributed by atoms with van der Waals surface area (Å²) in [6.07, 6.45) is 14.1. The van der Waals surface area contributed by atoms with Gasteiger partial charge in [-0.15, -0.1) is 0 Å². The molecule has 0 saturated carbocycles. The third kappa shape index (κ3) is 4.58. The van der Waals surface area contributed by atoms with E-state index in [1.807, 2.05) is 30.4 Å². The van der Waals surface area contributed by atoms with Gasteiger partial charge in [0.1, 0.15) is 0 Å². The normalized spacial score (nSPS) is 11.6. The summed E-state index contributed by atoms with van der Waals surface area (Å²) in [5.41, 5.74) is 3.58. The number of hydrogen-bond acceptors (Lipinski definition) is 0. The molecule has 0 N–H and O–H groups in total. The first-order valence-electron chi connectivity index (χ1n) is 6.67. The number of rotatable bonds is 5. The van der Waals surface area contributed by atoms with Crippen molar-refractivity contribution in [1.29, 1.82) is 0 Å². The van der Waals surface area contributed by atoms with Crippen LogP contribution < -0.4 is 0 Å². The Balaban J connectivity index is 2.02. The molecule has 2 rings (SSSR count). The molecule has 0 aromatic heterocycles. The summed E-state index contributed by atoms with van der Waals surface area (Å²) in [5.74, 6) is 0. The fourth-order valence-electron chi connectivity index (χ4n) is 1.84.